The molecule has 0 radical (unpaired) electrons. The van der Waals surface area contributed by atoms with Crippen molar-refractivity contribution in [3.8, 4) is 0 Å². The van der Waals surface area contributed by atoms with Crippen LogP contribution in [-0.2, 0) is 57.2 Å². The molecule has 0 aromatic heterocycles. The molecule has 0 N–H and O–H groups in total. The molecule has 0 atom stereocenters. The number of carbonyl (C=O) groups is 6. The number of aliphatic carboxylic acids is 3. The van der Waals surface area contributed by atoms with Crippen LogP contribution in [0.1, 0.15) is 142 Å². The second-order valence-electron chi connectivity index (χ2n) is 13.2. The number of ether oxygens (including phenoxy) is 6. The van der Waals surface area contributed by atoms with Crippen LogP contribution in [0.2, 0.25) is 0 Å². The zero-order valence-electron chi connectivity index (χ0n) is 33.9. The topological polar surface area (TPSA) is 227 Å². The van der Waals surface area contributed by atoms with Crippen LogP contribution in [0.3, 0.4) is 0 Å². The first-order valence-corrected chi connectivity index (χ1v) is 17.5. The molecule has 0 saturated carbocycles. The van der Waals surface area contributed by atoms with Gasteiger partial charge in [0.2, 0.25) is 17.4 Å². The second-order valence-corrected chi connectivity index (χ2v) is 13.2. The number of hydrogen-bond acceptors (Lipinski definition) is 15. The first kappa shape index (κ1) is 56.8. The summed E-state index contributed by atoms with van der Waals surface area (Å²) in [7, 11) is 0. The molecule has 0 aliphatic rings. The standard InChI is InChI=1S/3C12H22O5.In/c3*1-6-12(16-8(2)3,17-9(4)5)10(13)7-11(14)15;/h3*8-9H,6-7H2,1-5H3,(H,14,15);/q;;;+3/p-3. The first-order valence-electron chi connectivity index (χ1n) is 17.5. The monoisotopic (exact) mass is 850 g/mol. The van der Waals surface area contributed by atoms with Crippen molar-refractivity contribution in [2.24, 2.45) is 0 Å². The van der Waals surface area contributed by atoms with Gasteiger partial charge in [-0.1, -0.05) is 20.8 Å². The van der Waals surface area contributed by atoms with Crippen molar-refractivity contribution < 1.29 is 72.5 Å². The van der Waals surface area contributed by atoms with E-state index in [2.05, 4.69) is 0 Å². The van der Waals surface area contributed by atoms with Gasteiger partial charge in [-0.25, -0.2) is 0 Å². The molecular weight excluding hydrogens is 787 g/mol. The predicted octanol–water partition coefficient (Wildman–Crippen LogP) is 1.57. The van der Waals surface area contributed by atoms with Crippen LogP contribution in [0.5, 0.6) is 0 Å². The number of carbonyl (C=O) groups excluding carboxylic acids is 6. The van der Waals surface area contributed by atoms with Crippen LogP contribution >= 0.6 is 0 Å². The van der Waals surface area contributed by atoms with E-state index in [1.54, 1.807) is 104 Å². The van der Waals surface area contributed by atoms with Gasteiger partial charge >= 0.3 is 25.8 Å². The molecule has 0 spiro atoms. The molecule has 0 aromatic rings. The average molecular weight is 851 g/mol. The SMILES string of the molecule is CCC(OC(C)C)(OC(C)C)C(=O)CC(=O)[O-].CCC(OC(C)C)(OC(C)C)C(=O)CC(=O)[O-].CCC(OC(C)C)(OC(C)C)C(=O)CC(=O)[O-].[In+3]. The Morgan fingerprint density at radius 3 is 0.596 bits per heavy atom. The first-order chi connectivity index (χ1) is 23.2. The Labute approximate surface area is 328 Å². The van der Waals surface area contributed by atoms with Crippen molar-refractivity contribution in [2.45, 2.75) is 196 Å². The molecule has 0 saturated heterocycles. The summed E-state index contributed by atoms with van der Waals surface area (Å²) >= 11 is 0. The molecule has 0 aliphatic carbocycles. The molecule has 0 rings (SSSR count). The molecule has 300 valence electrons. The quantitative estimate of drug-likeness (QED) is 0.0993. The smallest absolute Gasteiger partial charge is 0.550 e. The van der Waals surface area contributed by atoms with Crippen molar-refractivity contribution >= 4 is 61.1 Å². The summed E-state index contributed by atoms with van der Waals surface area (Å²) < 4.78 is 33.0. The molecule has 0 unspecified atom stereocenters. The predicted molar refractivity (Wildman–Crippen MR) is 186 cm³/mol. The minimum Gasteiger partial charge on any atom is -0.550 e. The summed E-state index contributed by atoms with van der Waals surface area (Å²) in [5.74, 6) is -10.5. The van der Waals surface area contributed by atoms with Crippen LogP contribution in [0.25, 0.3) is 0 Å². The molecule has 0 aliphatic heterocycles. The maximum atomic E-state index is 11.9. The third kappa shape index (κ3) is 23.7. The van der Waals surface area contributed by atoms with E-state index < -0.39 is 71.9 Å². The fraction of sp³-hybridized carbons (Fsp3) is 0.833. The number of carboxylic acid groups (broad SMARTS) is 3. The third-order valence-corrected chi connectivity index (χ3v) is 6.14. The van der Waals surface area contributed by atoms with Gasteiger partial charge in [0.25, 0.3) is 0 Å². The molecule has 0 heterocycles. The Bertz CT molecular complexity index is 920. The third-order valence-electron chi connectivity index (χ3n) is 6.14. The number of rotatable bonds is 24. The zero-order valence-corrected chi connectivity index (χ0v) is 37.2. The summed E-state index contributed by atoms with van der Waals surface area (Å²) in [6, 6.07) is 0. The molecular formula is C36H63InO15. The summed E-state index contributed by atoms with van der Waals surface area (Å²) in [5, 5.41) is 31.5. The van der Waals surface area contributed by atoms with E-state index in [4.69, 9.17) is 28.4 Å². The van der Waals surface area contributed by atoms with Gasteiger partial charge in [-0.2, -0.15) is 0 Å². The largest absolute Gasteiger partial charge is 3.00 e. The van der Waals surface area contributed by atoms with Gasteiger partial charge in [0.1, 0.15) is 0 Å². The average Bonchev–Trinajstić information content (AvgIpc) is 2.93. The molecule has 52 heavy (non-hydrogen) atoms. The fourth-order valence-electron chi connectivity index (χ4n) is 4.65. The van der Waals surface area contributed by atoms with Gasteiger partial charge in [0, 0.05) is 37.2 Å². The van der Waals surface area contributed by atoms with Gasteiger partial charge in [0.15, 0.2) is 17.3 Å². The molecule has 15 nitrogen and oxygen atoms in total. The Morgan fingerprint density at radius 1 is 0.385 bits per heavy atom. The minimum absolute atomic E-state index is 0. The Hall–Kier alpha value is -1.95. The van der Waals surface area contributed by atoms with E-state index in [9.17, 15) is 44.1 Å². The van der Waals surface area contributed by atoms with E-state index in [1.165, 1.54) is 0 Å². The summed E-state index contributed by atoms with van der Waals surface area (Å²) in [5.41, 5.74) is 0. The minimum atomic E-state index is -1.48. The number of carboxylic acids is 3. The van der Waals surface area contributed by atoms with Crippen molar-refractivity contribution in [2.75, 3.05) is 0 Å². The van der Waals surface area contributed by atoms with Crippen LogP contribution in [0, 0.1) is 0 Å². The normalized spacial score (nSPS) is 11.9. The van der Waals surface area contributed by atoms with E-state index in [1.807, 2.05) is 0 Å². The van der Waals surface area contributed by atoms with E-state index >= 15 is 0 Å². The van der Waals surface area contributed by atoms with Crippen LogP contribution < -0.4 is 15.3 Å². The van der Waals surface area contributed by atoms with Gasteiger partial charge in [-0.3, -0.25) is 14.4 Å². The summed E-state index contributed by atoms with van der Waals surface area (Å²) in [6.45, 7) is 26.3. The van der Waals surface area contributed by atoms with Crippen LogP contribution in [0.15, 0.2) is 0 Å². The maximum Gasteiger partial charge on any atom is 3.00 e. The Morgan fingerprint density at radius 2 is 0.519 bits per heavy atom. The zero-order chi connectivity index (χ0) is 40.9. The Kier molecular flexibility index (Phi) is 30.1. The van der Waals surface area contributed by atoms with Gasteiger partial charge in [-0.15, -0.1) is 0 Å². The molecule has 16 heteroatoms. The molecule has 0 aromatic carbocycles. The van der Waals surface area contributed by atoms with Crippen molar-refractivity contribution in [3.05, 3.63) is 0 Å². The Balaban J connectivity index is -0.000000329. The molecule has 0 fully saturated rings. The fourth-order valence-corrected chi connectivity index (χ4v) is 4.65. The number of hydrogen-bond donors (Lipinski definition) is 0. The van der Waals surface area contributed by atoms with Crippen molar-refractivity contribution in [1.82, 2.24) is 0 Å². The van der Waals surface area contributed by atoms with E-state index in [-0.39, 0.29) is 81.7 Å². The van der Waals surface area contributed by atoms with Gasteiger partial charge in [-0.05, 0) is 83.1 Å². The summed E-state index contributed by atoms with van der Waals surface area (Å²) in [6.07, 6.45) is -2.75. The van der Waals surface area contributed by atoms with Crippen LogP contribution in [-0.4, -0.2) is 115 Å². The van der Waals surface area contributed by atoms with Gasteiger partial charge in [0.05, 0.1) is 55.9 Å². The van der Waals surface area contributed by atoms with Crippen LogP contribution in [0.4, 0.5) is 0 Å². The number of Topliss-reactive ketones (excluding diaryl/α,β-unsaturated/α-hetero) is 3. The molecule has 0 bridgehead atoms. The second kappa shape index (κ2) is 27.6. The van der Waals surface area contributed by atoms with E-state index in [0.29, 0.717) is 0 Å². The molecule has 0 amide bonds. The summed E-state index contributed by atoms with van der Waals surface area (Å²) in [4.78, 5) is 67.2. The van der Waals surface area contributed by atoms with Gasteiger partial charge < -0.3 is 58.1 Å². The van der Waals surface area contributed by atoms with Crippen molar-refractivity contribution in [3.63, 3.8) is 0 Å². The van der Waals surface area contributed by atoms with Crippen molar-refractivity contribution in [1.29, 1.82) is 0 Å². The number of ketones is 3. The van der Waals surface area contributed by atoms with E-state index in [0.717, 1.165) is 0 Å². The maximum absolute atomic E-state index is 11.9.